The van der Waals surface area contributed by atoms with Crippen molar-refractivity contribution in [3.63, 3.8) is 0 Å². The summed E-state index contributed by atoms with van der Waals surface area (Å²) in [6.07, 6.45) is 5.54. The van der Waals surface area contributed by atoms with Gasteiger partial charge in [0.05, 0.1) is 23.9 Å². The number of likely N-dealkylation sites (tertiary alicyclic amines) is 1. The largest absolute Gasteiger partial charge is 0.361 e. The Kier molecular flexibility index (Phi) is 3.68. The molecular formula is C15H18N4O2. The summed E-state index contributed by atoms with van der Waals surface area (Å²) in [5.41, 5.74) is 2.60. The van der Waals surface area contributed by atoms with Crippen molar-refractivity contribution in [2.24, 2.45) is 0 Å². The summed E-state index contributed by atoms with van der Waals surface area (Å²) in [7, 11) is 0. The number of carbonyl (C=O) groups excluding carboxylic acids is 1. The molecule has 0 N–H and O–H groups in total. The molecule has 0 saturated carbocycles. The summed E-state index contributed by atoms with van der Waals surface area (Å²) in [6, 6.07) is 1.94. The molecule has 1 aliphatic rings. The number of aromatic nitrogens is 3. The Morgan fingerprint density at radius 1 is 1.48 bits per heavy atom. The quantitative estimate of drug-likeness (QED) is 0.862. The summed E-state index contributed by atoms with van der Waals surface area (Å²) in [5, 5.41) is 3.91. The molecule has 110 valence electrons. The molecule has 2 aromatic heterocycles. The van der Waals surface area contributed by atoms with Gasteiger partial charge in [-0.05, 0) is 32.8 Å². The lowest BCUT2D eigenvalue weighted by molar-refractivity contribution is -0.131. The van der Waals surface area contributed by atoms with Crippen LogP contribution >= 0.6 is 0 Å². The lowest BCUT2D eigenvalue weighted by Crippen LogP contribution is -2.32. The number of rotatable bonds is 3. The Morgan fingerprint density at radius 3 is 3.00 bits per heavy atom. The van der Waals surface area contributed by atoms with Gasteiger partial charge in [-0.25, -0.2) is 9.97 Å². The van der Waals surface area contributed by atoms with E-state index in [1.165, 1.54) is 6.33 Å². The first-order valence-corrected chi connectivity index (χ1v) is 7.14. The van der Waals surface area contributed by atoms with E-state index in [2.05, 4.69) is 15.1 Å². The summed E-state index contributed by atoms with van der Waals surface area (Å²) in [4.78, 5) is 22.7. The lowest BCUT2D eigenvalue weighted by atomic mass is 10.1. The standard InChI is InChI=1S/C15H18N4O2/c1-10-12(11(2)21-18-10)8-15(20)19-7-3-4-14(19)13-5-6-16-9-17-13/h5-6,9,14H,3-4,7-8H2,1-2H3/t14-/m0/s1. The fourth-order valence-electron chi connectivity index (χ4n) is 2.88. The van der Waals surface area contributed by atoms with Gasteiger partial charge in [-0.2, -0.15) is 0 Å². The van der Waals surface area contributed by atoms with Crippen molar-refractivity contribution in [2.75, 3.05) is 6.54 Å². The maximum Gasteiger partial charge on any atom is 0.227 e. The molecule has 1 aliphatic heterocycles. The van der Waals surface area contributed by atoms with Crippen LogP contribution in [0.5, 0.6) is 0 Å². The Balaban J connectivity index is 1.78. The summed E-state index contributed by atoms with van der Waals surface area (Å²) < 4.78 is 5.13. The Hall–Kier alpha value is -2.24. The van der Waals surface area contributed by atoms with Crippen molar-refractivity contribution < 1.29 is 9.32 Å². The zero-order chi connectivity index (χ0) is 14.8. The predicted octanol–water partition coefficient (Wildman–Crippen LogP) is 1.99. The van der Waals surface area contributed by atoms with E-state index in [4.69, 9.17) is 4.52 Å². The first-order valence-electron chi connectivity index (χ1n) is 7.14. The molecule has 3 heterocycles. The topological polar surface area (TPSA) is 72.1 Å². The summed E-state index contributed by atoms with van der Waals surface area (Å²) in [5.74, 6) is 0.823. The van der Waals surface area contributed by atoms with Crippen molar-refractivity contribution in [2.45, 2.75) is 39.2 Å². The van der Waals surface area contributed by atoms with Crippen molar-refractivity contribution in [3.8, 4) is 0 Å². The average Bonchev–Trinajstić information content (AvgIpc) is 3.10. The third-order valence-electron chi connectivity index (χ3n) is 4.03. The molecule has 6 heteroatoms. The Labute approximate surface area is 123 Å². The molecule has 6 nitrogen and oxygen atoms in total. The first-order chi connectivity index (χ1) is 10.2. The van der Waals surface area contributed by atoms with E-state index in [1.807, 2.05) is 24.8 Å². The summed E-state index contributed by atoms with van der Waals surface area (Å²) in [6.45, 7) is 4.48. The fraction of sp³-hybridized carbons (Fsp3) is 0.467. The highest BCUT2D eigenvalue weighted by molar-refractivity contribution is 5.80. The van der Waals surface area contributed by atoms with Gasteiger partial charge in [0.2, 0.25) is 5.91 Å². The third kappa shape index (κ3) is 2.66. The lowest BCUT2D eigenvalue weighted by Gasteiger charge is -2.24. The van der Waals surface area contributed by atoms with Crippen molar-refractivity contribution in [3.05, 3.63) is 41.3 Å². The van der Waals surface area contributed by atoms with Crippen molar-refractivity contribution in [1.82, 2.24) is 20.0 Å². The first kappa shape index (κ1) is 13.7. The van der Waals surface area contributed by atoms with Gasteiger partial charge in [0.1, 0.15) is 12.1 Å². The van der Waals surface area contributed by atoms with Crippen LogP contribution in [0.25, 0.3) is 0 Å². The van der Waals surface area contributed by atoms with E-state index in [0.29, 0.717) is 6.42 Å². The van der Waals surface area contributed by atoms with Crippen LogP contribution < -0.4 is 0 Å². The second-order valence-electron chi connectivity index (χ2n) is 5.36. The monoisotopic (exact) mass is 286 g/mol. The van der Waals surface area contributed by atoms with Gasteiger partial charge in [-0.3, -0.25) is 4.79 Å². The molecule has 2 aromatic rings. The molecule has 0 unspecified atom stereocenters. The Bertz CT molecular complexity index is 619. The molecule has 1 saturated heterocycles. The molecule has 21 heavy (non-hydrogen) atoms. The molecule has 0 bridgehead atoms. The fourth-order valence-corrected chi connectivity index (χ4v) is 2.88. The van der Waals surface area contributed by atoms with Crippen LogP contribution in [0, 0.1) is 13.8 Å². The van der Waals surface area contributed by atoms with Crippen LogP contribution in [-0.4, -0.2) is 32.5 Å². The number of amides is 1. The van der Waals surface area contributed by atoms with Gasteiger partial charge in [0, 0.05) is 18.3 Å². The number of nitrogens with zero attached hydrogens (tertiary/aromatic N) is 4. The number of hydrogen-bond donors (Lipinski definition) is 0. The maximum absolute atomic E-state index is 12.6. The van der Waals surface area contributed by atoms with Crippen molar-refractivity contribution in [1.29, 1.82) is 0 Å². The van der Waals surface area contributed by atoms with Crippen LogP contribution in [0.15, 0.2) is 23.1 Å². The van der Waals surface area contributed by atoms with Gasteiger partial charge < -0.3 is 9.42 Å². The van der Waals surface area contributed by atoms with E-state index in [9.17, 15) is 4.79 Å². The Morgan fingerprint density at radius 2 is 2.33 bits per heavy atom. The molecule has 1 fully saturated rings. The molecule has 0 spiro atoms. The van der Waals surface area contributed by atoms with Crippen molar-refractivity contribution >= 4 is 5.91 Å². The second-order valence-corrected chi connectivity index (χ2v) is 5.36. The number of carbonyl (C=O) groups is 1. The molecule has 0 aromatic carbocycles. The maximum atomic E-state index is 12.6. The minimum Gasteiger partial charge on any atom is -0.361 e. The number of hydrogen-bond acceptors (Lipinski definition) is 5. The zero-order valence-electron chi connectivity index (χ0n) is 12.2. The third-order valence-corrected chi connectivity index (χ3v) is 4.03. The van der Waals surface area contributed by atoms with E-state index < -0.39 is 0 Å². The molecule has 1 atom stereocenters. The highest BCUT2D eigenvalue weighted by atomic mass is 16.5. The molecule has 3 rings (SSSR count). The zero-order valence-corrected chi connectivity index (χ0v) is 12.2. The van der Waals surface area contributed by atoms with Crippen LogP contribution in [0.1, 0.15) is 41.6 Å². The van der Waals surface area contributed by atoms with E-state index >= 15 is 0 Å². The van der Waals surface area contributed by atoms with Gasteiger partial charge in [-0.15, -0.1) is 0 Å². The highest BCUT2D eigenvalue weighted by Gasteiger charge is 2.31. The normalized spacial score (nSPS) is 18.2. The van der Waals surface area contributed by atoms with E-state index in [-0.39, 0.29) is 11.9 Å². The smallest absolute Gasteiger partial charge is 0.227 e. The van der Waals surface area contributed by atoms with Crippen LogP contribution in [-0.2, 0) is 11.2 Å². The van der Waals surface area contributed by atoms with Crippen LogP contribution in [0.3, 0.4) is 0 Å². The number of aryl methyl sites for hydroxylation is 2. The predicted molar refractivity (Wildman–Crippen MR) is 75.4 cm³/mol. The average molecular weight is 286 g/mol. The van der Waals surface area contributed by atoms with Gasteiger partial charge in [0.25, 0.3) is 0 Å². The van der Waals surface area contributed by atoms with Gasteiger partial charge in [-0.1, -0.05) is 5.16 Å². The van der Waals surface area contributed by atoms with Gasteiger partial charge in [0.15, 0.2) is 0 Å². The van der Waals surface area contributed by atoms with E-state index in [1.54, 1.807) is 6.20 Å². The van der Waals surface area contributed by atoms with Gasteiger partial charge >= 0.3 is 0 Å². The minimum atomic E-state index is 0.0565. The SMILES string of the molecule is Cc1noc(C)c1CC(=O)N1CCC[C@H]1c1ccncn1. The molecule has 0 aliphatic carbocycles. The minimum absolute atomic E-state index is 0.0565. The van der Waals surface area contributed by atoms with Crippen LogP contribution in [0.2, 0.25) is 0 Å². The van der Waals surface area contributed by atoms with Crippen LogP contribution in [0.4, 0.5) is 0 Å². The molecular weight excluding hydrogens is 268 g/mol. The highest BCUT2D eigenvalue weighted by Crippen LogP contribution is 2.31. The summed E-state index contributed by atoms with van der Waals surface area (Å²) >= 11 is 0. The molecule has 1 amide bonds. The van der Waals surface area contributed by atoms with E-state index in [0.717, 1.165) is 42.1 Å². The molecule has 0 radical (unpaired) electrons. The second kappa shape index (κ2) is 5.63.